The number of carbonyl (C=O) groups excluding carboxylic acids is 1. The first-order valence-electron chi connectivity index (χ1n) is 14.8. The fourth-order valence-corrected chi connectivity index (χ4v) is 4.87. The summed E-state index contributed by atoms with van der Waals surface area (Å²) in [4.78, 5) is 12.6. The average Bonchev–Trinajstić information content (AvgIpc) is 2.87. The van der Waals surface area contributed by atoms with Crippen molar-refractivity contribution in [2.75, 3.05) is 40.3 Å². The lowest BCUT2D eigenvalue weighted by molar-refractivity contribution is -0.908. The third-order valence-corrected chi connectivity index (χ3v) is 7.39. The third kappa shape index (κ3) is 15.9. The molecule has 0 unspecified atom stereocenters. The zero-order chi connectivity index (χ0) is 25.6. The molecular formula is C31H57N2O2+. The van der Waals surface area contributed by atoms with Gasteiger partial charge in [0.25, 0.3) is 5.91 Å². The summed E-state index contributed by atoms with van der Waals surface area (Å²) in [5.41, 5.74) is 0.700. The van der Waals surface area contributed by atoms with Crippen molar-refractivity contribution in [3.05, 3.63) is 29.8 Å². The van der Waals surface area contributed by atoms with E-state index >= 15 is 0 Å². The molecule has 202 valence electrons. The van der Waals surface area contributed by atoms with Crippen LogP contribution in [0.25, 0.3) is 0 Å². The number of rotatable bonds is 23. The summed E-state index contributed by atoms with van der Waals surface area (Å²) in [7, 11) is 4.05. The number of nitrogens with zero attached hydrogens (tertiary/aromatic N) is 1. The maximum atomic E-state index is 12.6. The lowest BCUT2D eigenvalue weighted by Crippen LogP contribution is -2.50. The molecule has 0 atom stereocenters. The Bertz CT molecular complexity index is 609. The molecule has 1 rings (SSSR count). The van der Waals surface area contributed by atoms with E-state index < -0.39 is 0 Å². The van der Waals surface area contributed by atoms with Crippen LogP contribution in [-0.2, 0) is 0 Å². The number of carbonyl (C=O) groups is 1. The van der Waals surface area contributed by atoms with Gasteiger partial charge in [0.2, 0.25) is 0 Å². The highest BCUT2D eigenvalue weighted by molar-refractivity contribution is 5.94. The van der Waals surface area contributed by atoms with Crippen LogP contribution in [0, 0.1) is 0 Å². The largest absolute Gasteiger partial charge is 0.497 e. The third-order valence-electron chi connectivity index (χ3n) is 7.39. The summed E-state index contributed by atoms with van der Waals surface area (Å²) < 4.78 is 6.28. The number of ether oxygens (including phenoxy) is 1. The number of quaternary nitrogens is 1. The minimum Gasteiger partial charge on any atom is -0.497 e. The minimum atomic E-state index is 0.0124. The minimum absolute atomic E-state index is 0.0124. The van der Waals surface area contributed by atoms with Gasteiger partial charge in [0, 0.05) is 5.56 Å². The molecule has 0 bridgehead atoms. The molecule has 35 heavy (non-hydrogen) atoms. The first-order chi connectivity index (χ1) is 17.0. The van der Waals surface area contributed by atoms with Gasteiger partial charge < -0.3 is 14.5 Å². The van der Waals surface area contributed by atoms with Crippen molar-refractivity contribution >= 4 is 5.91 Å². The second-order valence-corrected chi connectivity index (χ2v) is 10.7. The first-order valence-corrected chi connectivity index (χ1v) is 14.8. The van der Waals surface area contributed by atoms with Crippen LogP contribution in [0.4, 0.5) is 0 Å². The standard InChI is InChI=1S/C31H56N2O2/c1-5-7-9-11-13-15-17-19-26-33(3,27-20-18-16-14-12-10-8-6-2)28-25-32-31(34)29-21-23-30(35-4)24-22-29/h21-24H,5-20,25-28H2,1-4H3/p+1. The maximum absolute atomic E-state index is 12.6. The van der Waals surface area contributed by atoms with Gasteiger partial charge in [-0.15, -0.1) is 0 Å². The van der Waals surface area contributed by atoms with Gasteiger partial charge in [0.15, 0.2) is 0 Å². The molecule has 4 heteroatoms. The van der Waals surface area contributed by atoms with Crippen LogP contribution in [0.15, 0.2) is 24.3 Å². The van der Waals surface area contributed by atoms with Crippen LogP contribution in [0.2, 0.25) is 0 Å². The van der Waals surface area contributed by atoms with Gasteiger partial charge >= 0.3 is 0 Å². The number of amides is 1. The summed E-state index contributed by atoms with van der Waals surface area (Å²) in [5.74, 6) is 0.792. The molecule has 0 aromatic heterocycles. The molecule has 0 aliphatic rings. The summed E-state index contributed by atoms with van der Waals surface area (Å²) in [5, 5.41) is 3.16. The maximum Gasteiger partial charge on any atom is 0.251 e. The monoisotopic (exact) mass is 489 g/mol. The number of likely N-dealkylation sites (N-methyl/N-ethyl adjacent to an activating group) is 1. The molecule has 0 heterocycles. The van der Waals surface area contributed by atoms with Gasteiger partial charge in [-0.05, 0) is 49.9 Å². The molecule has 0 fully saturated rings. The van der Waals surface area contributed by atoms with Crippen LogP contribution in [0.5, 0.6) is 5.75 Å². The fourth-order valence-electron chi connectivity index (χ4n) is 4.87. The van der Waals surface area contributed by atoms with E-state index in [2.05, 4.69) is 26.2 Å². The summed E-state index contributed by atoms with van der Waals surface area (Å²) >= 11 is 0. The number of unbranched alkanes of at least 4 members (excludes halogenated alkanes) is 14. The summed E-state index contributed by atoms with van der Waals surface area (Å²) in [6.07, 6.45) is 21.8. The Balaban J connectivity index is 2.41. The van der Waals surface area contributed by atoms with Crippen LogP contribution >= 0.6 is 0 Å². The smallest absolute Gasteiger partial charge is 0.251 e. The highest BCUT2D eigenvalue weighted by Gasteiger charge is 2.21. The number of benzene rings is 1. The van der Waals surface area contributed by atoms with Crippen molar-refractivity contribution in [2.45, 2.75) is 117 Å². The van der Waals surface area contributed by atoms with Gasteiger partial charge in [0.1, 0.15) is 5.75 Å². The van der Waals surface area contributed by atoms with Gasteiger partial charge in [-0.3, -0.25) is 4.79 Å². The summed E-state index contributed by atoms with van der Waals surface area (Å²) in [6, 6.07) is 7.37. The number of methoxy groups -OCH3 is 1. The Morgan fingerprint density at radius 1 is 0.686 bits per heavy atom. The predicted molar refractivity (Wildman–Crippen MR) is 151 cm³/mol. The van der Waals surface area contributed by atoms with Crippen molar-refractivity contribution in [2.24, 2.45) is 0 Å². The van der Waals surface area contributed by atoms with E-state index in [1.165, 1.54) is 116 Å². The number of hydrogen-bond acceptors (Lipinski definition) is 2. The van der Waals surface area contributed by atoms with Crippen molar-refractivity contribution in [1.29, 1.82) is 0 Å². The quantitative estimate of drug-likeness (QED) is 0.124. The molecule has 0 radical (unpaired) electrons. The Morgan fingerprint density at radius 3 is 1.54 bits per heavy atom. The van der Waals surface area contributed by atoms with E-state index in [4.69, 9.17) is 4.74 Å². The van der Waals surface area contributed by atoms with Gasteiger partial charge in [-0.25, -0.2) is 0 Å². The average molecular weight is 490 g/mol. The van der Waals surface area contributed by atoms with Crippen molar-refractivity contribution in [3.63, 3.8) is 0 Å². The van der Waals surface area contributed by atoms with E-state index in [0.29, 0.717) is 5.56 Å². The first kappa shape index (κ1) is 31.5. The zero-order valence-corrected chi connectivity index (χ0v) is 23.7. The van der Waals surface area contributed by atoms with Crippen LogP contribution in [-0.4, -0.2) is 50.7 Å². The lowest BCUT2D eigenvalue weighted by atomic mass is 10.1. The molecule has 4 nitrogen and oxygen atoms in total. The highest BCUT2D eigenvalue weighted by Crippen LogP contribution is 2.15. The molecular weight excluding hydrogens is 432 g/mol. The summed E-state index contributed by atoms with van der Waals surface area (Å²) in [6.45, 7) is 8.76. The van der Waals surface area contributed by atoms with Crippen LogP contribution in [0.1, 0.15) is 127 Å². The Kier molecular flexibility index (Phi) is 18.5. The lowest BCUT2D eigenvalue weighted by Gasteiger charge is -2.35. The molecule has 1 aromatic rings. The number of nitrogens with one attached hydrogen (secondary N) is 1. The molecule has 1 aromatic carbocycles. The number of hydrogen-bond donors (Lipinski definition) is 1. The zero-order valence-electron chi connectivity index (χ0n) is 23.7. The molecule has 0 aliphatic heterocycles. The predicted octanol–water partition coefficient (Wildman–Crippen LogP) is 8.15. The topological polar surface area (TPSA) is 38.3 Å². The molecule has 1 N–H and O–H groups in total. The molecule has 0 saturated carbocycles. The molecule has 0 saturated heterocycles. The van der Waals surface area contributed by atoms with Crippen LogP contribution < -0.4 is 10.1 Å². The van der Waals surface area contributed by atoms with E-state index in [9.17, 15) is 4.79 Å². The van der Waals surface area contributed by atoms with E-state index in [1.54, 1.807) is 7.11 Å². The SMILES string of the molecule is CCCCCCCCCC[N+](C)(CCCCCCCCCC)CCNC(=O)c1ccc(OC)cc1. The van der Waals surface area contributed by atoms with E-state index in [0.717, 1.165) is 23.3 Å². The molecule has 0 aliphatic carbocycles. The molecule has 1 amide bonds. The van der Waals surface area contributed by atoms with Crippen molar-refractivity contribution < 1.29 is 14.0 Å². The van der Waals surface area contributed by atoms with Gasteiger partial charge in [0.05, 0.1) is 40.3 Å². The van der Waals surface area contributed by atoms with Gasteiger partial charge in [-0.2, -0.15) is 0 Å². The normalized spacial score (nSPS) is 11.5. The van der Waals surface area contributed by atoms with E-state index in [1.807, 2.05) is 24.3 Å². The van der Waals surface area contributed by atoms with E-state index in [-0.39, 0.29) is 5.91 Å². The second-order valence-electron chi connectivity index (χ2n) is 10.7. The Hall–Kier alpha value is -1.55. The Labute approximate surface area is 217 Å². The molecule has 0 spiro atoms. The van der Waals surface area contributed by atoms with Crippen molar-refractivity contribution in [3.8, 4) is 5.75 Å². The van der Waals surface area contributed by atoms with Crippen molar-refractivity contribution in [1.82, 2.24) is 5.32 Å². The fraction of sp³-hybridized carbons (Fsp3) is 0.774. The van der Waals surface area contributed by atoms with Gasteiger partial charge in [-0.1, -0.05) is 90.9 Å². The highest BCUT2D eigenvalue weighted by atomic mass is 16.5. The van der Waals surface area contributed by atoms with Crippen LogP contribution in [0.3, 0.4) is 0 Å². The Morgan fingerprint density at radius 2 is 1.11 bits per heavy atom. The second kappa shape index (κ2) is 20.6.